The first-order chi connectivity index (χ1) is 7.07. The smallest absolute Gasteiger partial charge is 0.332 e. The molecule has 0 radical (unpaired) electrons. The van der Waals surface area contributed by atoms with Crippen LogP contribution in [0.1, 0.15) is 0 Å². The predicted octanol–water partition coefficient (Wildman–Crippen LogP) is -1.15. The molecule has 0 saturated carbocycles. The third-order valence-electron chi connectivity index (χ3n) is 1.88. The standard InChI is InChI=1S/C6H9N5O4/c7-5-3(1-9-10-8)11(6(5)14)15-2-4(12)13/h3,5H,1-2,7H2,(H,12,13)/t3-,5-/m0/s1. The molecule has 0 aromatic heterocycles. The Morgan fingerprint density at radius 2 is 2.47 bits per heavy atom. The highest BCUT2D eigenvalue weighted by Gasteiger charge is 2.46. The summed E-state index contributed by atoms with van der Waals surface area (Å²) in [7, 11) is 0. The van der Waals surface area contributed by atoms with E-state index in [1.807, 2.05) is 0 Å². The van der Waals surface area contributed by atoms with Crippen molar-refractivity contribution in [1.82, 2.24) is 5.06 Å². The summed E-state index contributed by atoms with van der Waals surface area (Å²) in [4.78, 5) is 28.4. The number of amides is 1. The Kier molecular flexibility index (Phi) is 3.45. The molecule has 82 valence electrons. The Balaban J connectivity index is 2.50. The van der Waals surface area contributed by atoms with Gasteiger partial charge in [0.25, 0.3) is 5.91 Å². The van der Waals surface area contributed by atoms with Crippen molar-refractivity contribution in [3.63, 3.8) is 0 Å². The molecule has 1 aliphatic heterocycles. The molecule has 1 fully saturated rings. The Hall–Kier alpha value is -1.83. The molecule has 0 spiro atoms. The number of aliphatic carboxylic acids is 1. The molecule has 1 amide bonds. The van der Waals surface area contributed by atoms with Gasteiger partial charge in [-0.3, -0.25) is 9.63 Å². The van der Waals surface area contributed by atoms with E-state index in [9.17, 15) is 9.59 Å². The highest BCUT2D eigenvalue weighted by atomic mass is 16.7. The molecule has 1 rings (SSSR count). The minimum absolute atomic E-state index is 0.0387. The summed E-state index contributed by atoms with van der Waals surface area (Å²) < 4.78 is 0. The van der Waals surface area contributed by atoms with Crippen molar-refractivity contribution in [2.24, 2.45) is 10.8 Å². The lowest BCUT2D eigenvalue weighted by atomic mass is 10.00. The lowest BCUT2D eigenvalue weighted by molar-refractivity contribution is -0.232. The van der Waals surface area contributed by atoms with Crippen molar-refractivity contribution in [3.8, 4) is 0 Å². The van der Waals surface area contributed by atoms with E-state index in [4.69, 9.17) is 16.4 Å². The van der Waals surface area contributed by atoms with Crippen LogP contribution < -0.4 is 5.73 Å². The minimum Gasteiger partial charge on any atom is -0.479 e. The molecule has 9 nitrogen and oxygen atoms in total. The quantitative estimate of drug-likeness (QED) is 0.257. The van der Waals surface area contributed by atoms with E-state index in [-0.39, 0.29) is 6.54 Å². The maximum atomic E-state index is 11.1. The molecule has 1 aliphatic rings. The number of hydroxylamine groups is 2. The number of carbonyl (C=O) groups is 2. The number of nitrogens with two attached hydrogens (primary N) is 1. The van der Waals surface area contributed by atoms with Gasteiger partial charge < -0.3 is 10.8 Å². The summed E-state index contributed by atoms with van der Waals surface area (Å²) in [5.41, 5.74) is 13.5. The van der Waals surface area contributed by atoms with Crippen molar-refractivity contribution in [2.45, 2.75) is 12.1 Å². The number of carbonyl (C=O) groups excluding carboxylic acids is 1. The molecular weight excluding hydrogens is 206 g/mol. The van der Waals surface area contributed by atoms with Crippen LogP contribution in [0.3, 0.4) is 0 Å². The second kappa shape index (κ2) is 4.60. The molecule has 0 aromatic rings. The second-order valence-corrected chi connectivity index (χ2v) is 2.84. The number of nitrogens with zero attached hydrogens (tertiary/aromatic N) is 4. The maximum Gasteiger partial charge on any atom is 0.332 e. The molecular formula is C6H9N5O4. The molecule has 0 aliphatic carbocycles. The zero-order valence-electron chi connectivity index (χ0n) is 7.61. The molecule has 1 saturated heterocycles. The van der Waals surface area contributed by atoms with Crippen molar-refractivity contribution >= 4 is 11.9 Å². The van der Waals surface area contributed by atoms with E-state index in [0.717, 1.165) is 5.06 Å². The van der Waals surface area contributed by atoms with Crippen LogP contribution in [0.5, 0.6) is 0 Å². The van der Waals surface area contributed by atoms with Crippen LogP contribution in [0.4, 0.5) is 0 Å². The van der Waals surface area contributed by atoms with Crippen molar-refractivity contribution in [2.75, 3.05) is 13.2 Å². The van der Waals surface area contributed by atoms with Crippen molar-refractivity contribution in [3.05, 3.63) is 10.4 Å². The Morgan fingerprint density at radius 1 is 1.80 bits per heavy atom. The van der Waals surface area contributed by atoms with E-state index in [1.54, 1.807) is 0 Å². The van der Waals surface area contributed by atoms with Gasteiger partial charge >= 0.3 is 5.97 Å². The van der Waals surface area contributed by atoms with Crippen LogP contribution in [0, 0.1) is 0 Å². The summed E-state index contributed by atoms with van der Waals surface area (Å²) in [6, 6.07) is -1.39. The van der Waals surface area contributed by atoms with Crippen LogP contribution in [0.25, 0.3) is 10.4 Å². The van der Waals surface area contributed by atoms with Gasteiger partial charge in [-0.25, -0.2) is 9.86 Å². The molecule has 0 unspecified atom stereocenters. The fourth-order valence-corrected chi connectivity index (χ4v) is 1.13. The average molecular weight is 215 g/mol. The van der Waals surface area contributed by atoms with E-state index in [1.165, 1.54) is 0 Å². The van der Waals surface area contributed by atoms with E-state index < -0.39 is 30.6 Å². The highest BCUT2D eigenvalue weighted by molar-refractivity contribution is 5.88. The molecule has 2 atom stereocenters. The fraction of sp³-hybridized carbons (Fsp3) is 0.667. The van der Waals surface area contributed by atoms with Crippen LogP contribution in [0.15, 0.2) is 5.11 Å². The van der Waals surface area contributed by atoms with E-state index in [2.05, 4.69) is 14.9 Å². The second-order valence-electron chi connectivity index (χ2n) is 2.84. The van der Waals surface area contributed by atoms with Gasteiger partial charge in [-0.1, -0.05) is 5.11 Å². The summed E-state index contributed by atoms with van der Waals surface area (Å²) in [6.45, 7) is -0.672. The topological polar surface area (TPSA) is 142 Å². The monoisotopic (exact) mass is 215 g/mol. The Morgan fingerprint density at radius 3 is 3.00 bits per heavy atom. The number of hydrogen-bond donors (Lipinski definition) is 2. The summed E-state index contributed by atoms with van der Waals surface area (Å²) in [5, 5.41) is 12.4. The van der Waals surface area contributed by atoms with Crippen molar-refractivity contribution < 1.29 is 19.5 Å². The maximum absolute atomic E-state index is 11.1. The molecule has 1 heterocycles. The molecule has 3 N–H and O–H groups in total. The summed E-state index contributed by atoms with van der Waals surface area (Å²) in [5.74, 6) is -1.72. The van der Waals surface area contributed by atoms with Crippen LogP contribution >= 0.6 is 0 Å². The highest BCUT2D eigenvalue weighted by Crippen LogP contribution is 2.18. The molecule has 0 bridgehead atoms. The van der Waals surface area contributed by atoms with Gasteiger partial charge in [0.2, 0.25) is 0 Å². The third-order valence-corrected chi connectivity index (χ3v) is 1.88. The normalized spacial score (nSPS) is 24.3. The van der Waals surface area contributed by atoms with E-state index in [0.29, 0.717) is 0 Å². The zero-order chi connectivity index (χ0) is 11.4. The minimum atomic E-state index is -1.20. The number of carboxylic acid groups (broad SMARTS) is 1. The van der Waals surface area contributed by atoms with E-state index >= 15 is 0 Å². The summed E-state index contributed by atoms with van der Waals surface area (Å²) >= 11 is 0. The van der Waals surface area contributed by atoms with Crippen LogP contribution in [-0.4, -0.2) is 47.3 Å². The van der Waals surface area contributed by atoms with Gasteiger partial charge in [-0.2, -0.15) is 0 Å². The largest absolute Gasteiger partial charge is 0.479 e. The van der Waals surface area contributed by atoms with Gasteiger partial charge in [-0.15, -0.1) is 0 Å². The lowest BCUT2D eigenvalue weighted by Crippen LogP contribution is -2.69. The molecule has 0 aromatic carbocycles. The van der Waals surface area contributed by atoms with Gasteiger partial charge in [0, 0.05) is 4.91 Å². The first-order valence-electron chi connectivity index (χ1n) is 4.02. The summed E-state index contributed by atoms with van der Waals surface area (Å²) in [6.07, 6.45) is 0. The molecule has 15 heavy (non-hydrogen) atoms. The van der Waals surface area contributed by atoms with Crippen LogP contribution in [0.2, 0.25) is 0 Å². The third kappa shape index (κ3) is 2.34. The first kappa shape index (κ1) is 11.2. The number of hydrogen-bond acceptors (Lipinski definition) is 5. The van der Waals surface area contributed by atoms with Gasteiger partial charge in [0.1, 0.15) is 6.04 Å². The van der Waals surface area contributed by atoms with Gasteiger partial charge in [-0.05, 0) is 5.53 Å². The van der Waals surface area contributed by atoms with Crippen molar-refractivity contribution in [1.29, 1.82) is 0 Å². The zero-order valence-corrected chi connectivity index (χ0v) is 7.61. The SMILES string of the molecule is [N-]=[N+]=NC[C@H]1[C@H](N)C(=O)N1OCC(=O)O. The number of rotatable bonds is 5. The lowest BCUT2D eigenvalue weighted by Gasteiger charge is -2.42. The number of β-lactam (4-membered cyclic amide) rings is 1. The predicted molar refractivity (Wildman–Crippen MR) is 46.2 cm³/mol. The Labute approximate surface area is 84.0 Å². The van der Waals surface area contributed by atoms with Gasteiger partial charge in [0.15, 0.2) is 6.61 Å². The van der Waals surface area contributed by atoms with Gasteiger partial charge in [0.05, 0.1) is 12.6 Å². The van der Waals surface area contributed by atoms with Crippen LogP contribution in [-0.2, 0) is 14.4 Å². The molecule has 9 heteroatoms. The number of azide groups is 1. The number of carboxylic acids is 1. The Bertz CT molecular complexity index is 325. The average Bonchev–Trinajstić information content (AvgIpc) is 2.21. The first-order valence-corrected chi connectivity index (χ1v) is 4.02. The fourth-order valence-electron chi connectivity index (χ4n) is 1.13.